The van der Waals surface area contributed by atoms with Crippen molar-refractivity contribution in [3.8, 4) is 11.6 Å². The summed E-state index contributed by atoms with van der Waals surface area (Å²) < 4.78 is 10.7. The van der Waals surface area contributed by atoms with Crippen LogP contribution in [0.2, 0.25) is 0 Å². The number of anilines is 1. The molecule has 3 aromatic rings. The van der Waals surface area contributed by atoms with E-state index in [-0.39, 0.29) is 11.8 Å². The number of nitrogens with two attached hydrogens (primary N) is 1. The molecular weight excluding hydrogens is 320 g/mol. The van der Waals surface area contributed by atoms with Crippen LogP contribution >= 0.6 is 0 Å². The number of rotatable bonds is 4. The molecule has 7 nitrogen and oxygen atoms in total. The van der Waals surface area contributed by atoms with Gasteiger partial charge in [0.25, 0.3) is 0 Å². The predicted molar refractivity (Wildman–Crippen MR) is 93.9 cm³/mol. The van der Waals surface area contributed by atoms with Crippen LogP contribution in [0.5, 0.6) is 0 Å². The first-order valence-electron chi connectivity index (χ1n) is 8.38. The number of amides is 1. The minimum Gasteiger partial charge on any atom is -0.461 e. The number of hydrogen-bond acceptors (Lipinski definition) is 5. The minimum absolute atomic E-state index is 0.162. The zero-order chi connectivity index (χ0) is 17.2. The average Bonchev–Trinajstić information content (AvgIpc) is 3.30. The lowest BCUT2D eigenvalue weighted by atomic mass is 9.92. The number of imidazole rings is 1. The Labute approximate surface area is 144 Å². The van der Waals surface area contributed by atoms with Crippen LogP contribution in [0.25, 0.3) is 22.6 Å². The van der Waals surface area contributed by atoms with Crippen molar-refractivity contribution in [3.63, 3.8) is 0 Å². The topological polar surface area (TPSA) is 106 Å². The van der Waals surface area contributed by atoms with E-state index in [2.05, 4.69) is 15.3 Å². The number of aromatic nitrogens is 2. The van der Waals surface area contributed by atoms with E-state index in [0.717, 1.165) is 23.9 Å². The highest BCUT2D eigenvalue weighted by atomic mass is 16.5. The highest BCUT2D eigenvalue weighted by Gasteiger charge is 2.26. The maximum absolute atomic E-state index is 12.4. The van der Waals surface area contributed by atoms with E-state index in [0.29, 0.717) is 30.5 Å². The largest absolute Gasteiger partial charge is 0.461 e. The molecule has 25 heavy (non-hydrogen) atoms. The Balaban J connectivity index is 1.50. The van der Waals surface area contributed by atoms with Crippen molar-refractivity contribution in [1.29, 1.82) is 0 Å². The summed E-state index contributed by atoms with van der Waals surface area (Å²) in [4.78, 5) is 20.1. The van der Waals surface area contributed by atoms with Gasteiger partial charge >= 0.3 is 0 Å². The third kappa shape index (κ3) is 3.29. The fourth-order valence-corrected chi connectivity index (χ4v) is 3.13. The van der Waals surface area contributed by atoms with Gasteiger partial charge in [-0.05, 0) is 49.1 Å². The molecular formula is C18H20N4O3. The van der Waals surface area contributed by atoms with Gasteiger partial charge in [0.15, 0.2) is 11.6 Å². The highest BCUT2D eigenvalue weighted by molar-refractivity contribution is 5.96. The molecule has 7 heteroatoms. The zero-order valence-electron chi connectivity index (χ0n) is 13.7. The molecule has 0 saturated carbocycles. The van der Waals surface area contributed by atoms with Crippen molar-refractivity contribution in [3.05, 3.63) is 36.6 Å². The zero-order valence-corrected chi connectivity index (χ0v) is 13.7. The summed E-state index contributed by atoms with van der Waals surface area (Å²) in [6.45, 7) is 1.34. The van der Waals surface area contributed by atoms with Gasteiger partial charge in [0.2, 0.25) is 5.91 Å². The maximum Gasteiger partial charge on any atom is 0.241 e. The van der Waals surface area contributed by atoms with Gasteiger partial charge in [0, 0.05) is 18.9 Å². The van der Waals surface area contributed by atoms with E-state index in [1.54, 1.807) is 6.26 Å². The van der Waals surface area contributed by atoms with Crippen LogP contribution in [0.4, 0.5) is 5.69 Å². The second-order valence-electron chi connectivity index (χ2n) is 6.26. The summed E-state index contributed by atoms with van der Waals surface area (Å²) in [5.41, 5.74) is 8.44. The number of carbonyl (C=O) groups is 1. The summed E-state index contributed by atoms with van der Waals surface area (Å²) in [7, 11) is 0. The predicted octanol–water partition coefficient (Wildman–Crippen LogP) is 2.52. The number of furan rings is 1. The van der Waals surface area contributed by atoms with E-state index in [1.165, 1.54) is 0 Å². The lowest BCUT2D eigenvalue weighted by Gasteiger charge is -2.26. The van der Waals surface area contributed by atoms with E-state index in [9.17, 15) is 4.79 Å². The smallest absolute Gasteiger partial charge is 0.241 e. The Morgan fingerprint density at radius 3 is 2.92 bits per heavy atom. The number of aromatic amines is 1. The number of nitrogens with one attached hydrogen (secondary N) is 2. The molecule has 1 aliphatic rings. The molecule has 1 aromatic carbocycles. The van der Waals surface area contributed by atoms with Crippen molar-refractivity contribution in [1.82, 2.24) is 9.97 Å². The molecule has 1 atom stereocenters. The van der Waals surface area contributed by atoms with E-state index < -0.39 is 6.04 Å². The van der Waals surface area contributed by atoms with Gasteiger partial charge in [0.1, 0.15) is 0 Å². The molecule has 0 bridgehead atoms. The summed E-state index contributed by atoms with van der Waals surface area (Å²) in [6, 6.07) is 8.65. The van der Waals surface area contributed by atoms with Gasteiger partial charge in [-0.25, -0.2) is 4.98 Å². The first-order valence-corrected chi connectivity index (χ1v) is 8.38. The molecule has 0 radical (unpaired) electrons. The number of nitrogens with zero attached hydrogens (tertiary/aromatic N) is 1. The fourth-order valence-electron chi connectivity index (χ4n) is 3.13. The van der Waals surface area contributed by atoms with Crippen LogP contribution in [0.3, 0.4) is 0 Å². The maximum atomic E-state index is 12.4. The van der Waals surface area contributed by atoms with Crippen LogP contribution < -0.4 is 11.1 Å². The van der Waals surface area contributed by atoms with Crippen LogP contribution in [0.15, 0.2) is 41.0 Å². The monoisotopic (exact) mass is 340 g/mol. The second kappa shape index (κ2) is 6.70. The van der Waals surface area contributed by atoms with Crippen LogP contribution in [-0.2, 0) is 9.53 Å². The van der Waals surface area contributed by atoms with Crippen molar-refractivity contribution in [2.75, 3.05) is 18.5 Å². The molecule has 1 unspecified atom stereocenters. The molecule has 1 amide bonds. The third-order valence-corrected chi connectivity index (χ3v) is 4.58. The third-order valence-electron chi connectivity index (χ3n) is 4.58. The van der Waals surface area contributed by atoms with Crippen LogP contribution in [0, 0.1) is 5.92 Å². The Morgan fingerprint density at radius 1 is 1.32 bits per heavy atom. The van der Waals surface area contributed by atoms with Crippen LogP contribution in [-0.4, -0.2) is 35.1 Å². The summed E-state index contributed by atoms with van der Waals surface area (Å²) >= 11 is 0. The number of ether oxygens (including phenoxy) is 1. The normalized spacial score (nSPS) is 16.8. The van der Waals surface area contributed by atoms with Gasteiger partial charge in [-0.15, -0.1) is 0 Å². The molecule has 3 heterocycles. The molecule has 0 aliphatic carbocycles. The fraction of sp³-hybridized carbons (Fsp3) is 0.333. The Kier molecular flexibility index (Phi) is 4.25. The molecule has 4 rings (SSSR count). The standard InChI is InChI=1S/C18H20N4O3/c19-16(11-5-8-24-9-6-11)18(23)20-12-3-4-13-14(10-12)22-17(21-13)15-2-1-7-25-15/h1-4,7,10-11,16H,5-6,8-9,19H2,(H,20,23)(H,21,22). The number of H-pyrrole nitrogens is 1. The van der Waals surface area contributed by atoms with Crippen molar-refractivity contribution >= 4 is 22.6 Å². The number of carbonyl (C=O) groups excluding carboxylic acids is 1. The minimum atomic E-state index is -0.528. The number of benzene rings is 1. The first kappa shape index (κ1) is 15.9. The SMILES string of the molecule is NC(C(=O)Nc1ccc2nc(-c3ccco3)[nH]c2c1)C1CCOCC1. The summed E-state index contributed by atoms with van der Waals surface area (Å²) in [5, 5.41) is 2.90. The Bertz CT molecular complexity index is 866. The molecule has 2 aromatic heterocycles. The number of fused-ring (bicyclic) bond motifs is 1. The second-order valence-corrected chi connectivity index (χ2v) is 6.26. The van der Waals surface area contributed by atoms with E-state index in [1.807, 2.05) is 30.3 Å². The molecule has 1 aliphatic heterocycles. The van der Waals surface area contributed by atoms with Gasteiger partial charge in [-0.3, -0.25) is 4.79 Å². The van der Waals surface area contributed by atoms with E-state index in [4.69, 9.17) is 14.9 Å². The molecule has 0 spiro atoms. The van der Waals surface area contributed by atoms with Crippen LogP contribution in [0.1, 0.15) is 12.8 Å². The molecule has 4 N–H and O–H groups in total. The molecule has 1 saturated heterocycles. The van der Waals surface area contributed by atoms with Crippen molar-refractivity contribution in [2.24, 2.45) is 11.7 Å². The van der Waals surface area contributed by atoms with Gasteiger partial charge in [-0.2, -0.15) is 0 Å². The Hall–Kier alpha value is -2.64. The number of hydrogen-bond donors (Lipinski definition) is 3. The van der Waals surface area contributed by atoms with Gasteiger partial charge < -0.3 is 25.2 Å². The van der Waals surface area contributed by atoms with Gasteiger partial charge in [-0.1, -0.05) is 0 Å². The quantitative estimate of drug-likeness (QED) is 0.676. The lowest BCUT2D eigenvalue weighted by Crippen LogP contribution is -2.43. The first-order chi connectivity index (χ1) is 12.2. The Morgan fingerprint density at radius 2 is 2.16 bits per heavy atom. The van der Waals surface area contributed by atoms with Crippen molar-refractivity contribution in [2.45, 2.75) is 18.9 Å². The average molecular weight is 340 g/mol. The van der Waals surface area contributed by atoms with Crippen molar-refractivity contribution < 1.29 is 13.9 Å². The highest BCUT2D eigenvalue weighted by Crippen LogP contribution is 2.24. The molecule has 1 fully saturated rings. The summed E-state index contributed by atoms with van der Waals surface area (Å²) in [5.74, 6) is 1.32. The summed E-state index contributed by atoms with van der Waals surface area (Å²) in [6.07, 6.45) is 3.24. The molecule has 130 valence electrons. The lowest BCUT2D eigenvalue weighted by molar-refractivity contribution is -0.119. The van der Waals surface area contributed by atoms with E-state index >= 15 is 0 Å². The van der Waals surface area contributed by atoms with Gasteiger partial charge in [0.05, 0.1) is 23.3 Å².